The summed E-state index contributed by atoms with van der Waals surface area (Å²) in [5, 5.41) is 14.8. The summed E-state index contributed by atoms with van der Waals surface area (Å²) in [5.74, 6) is 0.540. The molecule has 1 aromatic heterocycles. The van der Waals surface area contributed by atoms with Gasteiger partial charge in [0.15, 0.2) is 0 Å². The summed E-state index contributed by atoms with van der Waals surface area (Å²) < 4.78 is 1.78. The minimum atomic E-state index is -0.502. The van der Waals surface area contributed by atoms with E-state index >= 15 is 0 Å². The lowest BCUT2D eigenvalue weighted by atomic mass is 9.99. The Labute approximate surface area is 121 Å². The predicted octanol–water partition coefficient (Wildman–Crippen LogP) is 3.38. The first-order chi connectivity index (χ1) is 9.51. The second-order valence-corrected chi connectivity index (χ2v) is 5.65. The lowest BCUT2D eigenvalue weighted by Crippen LogP contribution is -2.08. The van der Waals surface area contributed by atoms with E-state index in [1.165, 1.54) is 5.56 Å². The van der Waals surface area contributed by atoms with E-state index in [0.717, 1.165) is 23.4 Å². The van der Waals surface area contributed by atoms with Crippen LogP contribution in [0, 0.1) is 0 Å². The Hall–Kier alpha value is -1.61. The molecule has 0 spiro atoms. The van der Waals surface area contributed by atoms with Crippen molar-refractivity contribution in [2.24, 2.45) is 7.05 Å². The van der Waals surface area contributed by atoms with Gasteiger partial charge in [-0.15, -0.1) is 0 Å². The first-order valence-electron chi connectivity index (χ1n) is 7.31. The maximum absolute atomic E-state index is 10.4. The number of nitrogens with zero attached hydrogens (tertiary/aromatic N) is 2. The predicted molar refractivity (Wildman–Crippen MR) is 81.8 cm³/mol. The van der Waals surface area contributed by atoms with Gasteiger partial charge in [0.05, 0.1) is 17.5 Å². The molecule has 108 valence electrons. The third kappa shape index (κ3) is 3.28. The maximum atomic E-state index is 10.4. The minimum absolute atomic E-state index is 0.502. The highest BCUT2D eigenvalue weighted by Gasteiger charge is 2.14. The highest BCUT2D eigenvalue weighted by Crippen LogP contribution is 2.21. The number of aliphatic hydroxyl groups is 1. The van der Waals surface area contributed by atoms with Crippen LogP contribution in [0.15, 0.2) is 30.3 Å². The van der Waals surface area contributed by atoms with Crippen LogP contribution < -0.4 is 0 Å². The first kappa shape index (κ1) is 14.8. The second-order valence-electron chi connectivity index (χ2n) is 5.65. The number of aliphatic hydroxyl groups excluding tert-OH is 1. The highest BCUT2D eigenvalue weighted by atomic mass is 16.3. The van der Waals surface area contributed by atoms with Crippen LogP contribution in [0.4, 0.5) is 0 Å². The summed E-state index contributed by atoms with van der Waals surface area (Å²) in [6, 6.07) is 10.5. The van der Waals surface area contributed by atoms with E-state index in [-0.39, 0.29) is 0 Å². The molecule has 1 N–H and O–H groups in total. The Morgan fingerprint density at radius 3 is 2.35 bits per heavy atom. The van der Waals surface area contributed by atoms with E-state index in [1.54, 1.807) is 4.68 Å². The Balaban J connectivity index is 2.10. The van der Waals surface area contributed by atoms with Gasteiger partial charge in [-0.3, -0.25) is 4.68 Å². The molecular formula is C17H24N2O. The molecule has 0 aliphatic carbocycles. The van der Waals surface area contributed by atoms with Gasteiger partial charge in [-0.25, -0.2) is 0 Å². The quantitative estimate of drug-likeness (QED) is 0.906. The Kier molecular flexibility index (Phi) is 4.61. The molecule has 0 bridgehead atoms. The molecule has 1 heterocycles. The van der Waals surface area contributed by atoms with E-state index in [2.05, 4.69) is 50.1 Å². The van der Waals surface area contributed by atoms with Crippen LogP contribution >= 0.6 is 0 Å². The highest BCUT2D eigenvalue weighted by molar-refractivity contribution is 5.26. The standard InChI is InChI=1S/C17H24N2O/c1-5-15-11-16(19(4)18-15)17(20)10-13-6-8-14(9-7-13)12(2)3/h6-9,11-12,17,20H,5,10H2,1-4H3. The third-order valence-electron chi connectivity index (χ3n) is 3.75. The van der Waals surface area contributed by atoms with Crippen LogP contribution in [0.25, 0.3) is 0 Å². The molecule has 0 radical (unpaired) electrons. The smallest absolute Gasteiger partial charge is 0.0996 e. The summed E-state index contributed by atoms with van der Waals surface area (Å²) >= 11 is 0. The van der Waals surface area contributed by atoms with E-state index in [0.29, 0.717) is 12.3 Å². The number of rotatable bonds is 5. The molecule has 20 heavy (non-hydrogen) atoms. The summed E-state index contributed by atoms with van der Waals surface area (Å²) in [4.78, 5) is 0. The molecule has 0 amide bonds. The molecule has 2 rings (SSSR count). The van der Waals surface area contributed by atoms with E-state index in [9.17, 15) is 5.11 Å². The van der Waals surface area contributed by atoms with Gasteiger partial charge in [-0.05, 0) is 29.5 Å². The number of aryl methyl sites for hydroxylation is 2. The lowest BCUT2D eigenvalue weighted by Gasteiger charge is -2.12. The van der Waals surface area contributed by atoms with Crippen LogP contribution in [0.2, 0.25) is 0 Å². The van der Waals surface area contributed by atoms with Gasteiger partial charge in [0.25, 0.3) is 0 Å². The van der Waals surface area contributed by atoms with Crippen molar-refractivity contribution in [1.29, 1.82) is 0 Å². The van der Waals surface area contributed by atoms with Crippen LogP contribution in [-0.4, -0.2) is 14.9 Å². The average molecular weight is 272 g/mol. The Bertz CT molecular complexity index is 555. The van der Waals surface area contributed by atoms with Gasteiger partial charge in [-0.2, -0.15) is 5.10 Å². The molecule has 3 heteroatoms. The second kappa shape index (κ2) is 6.23. The topological polar surface area (TPSA) is 38.0 Å². The lowest BCUT2D eigenvalue weighted by molar-refractivity contribution is 0.168. The average Bonchev–Trinajstić information content (AvgIpc) is 2.80. The largest absolute Gasteiger partial charge is 0.386 e. The van der Waals surface area contributed by atoms with Crippen molar-refractivity contribution >= 4 is 0 Å². The number of aromatic nitrogens is 2. The van der Waals surface area contributed by atoms with Crippen molar-refractivity contribution in [2.75, 3.05) is 0 Å². The zero-order valence-electron chi connectivity index (χ0n) is 12.8. The van der Waals surface area contributed by atoms with Gasteiger partial charge in [0.2, 0.25) is 0 Å². The van der Waals surface area contributed by atoms with Crippen LogP contribution in [0.1, 0.15) is 55.3 Å². The monoisotopic (exact) mass is 272 g/mol. The molecule has 0 saturated carbocycles. The third-order valence-corrected chi connectivity index (χ3v) is 3.75. The van der Waals surface area contributed by atoms with Crippen molar-refractivity contribution < 1.29 is 5.11 Å². The van der Waals surface area contributed by atoms with Crippen molar-refractivity contribution in [3.63, 3.8) is 0 Å². The first-order valence-corrected chi connectivity index (χ1v) is 7.31. The summed E-state index contributed by atoms with van der Waals surface area (Å²) in [6.07, 6.45) is 1.02. The molecule has 3 nitrogen and oxygen atoms in total. The van der Waals surface area contributed by atoms with Gasteiger partial charge in [0, 0.05) is 13.5 Å². The zero-order chi connectivity index (χ0) is 14.7. The van der Waals surface area contributed by atoms with Crippen molar-refractivity contribution in [1.82, 2.24) is 9.78 Å². The fourth-order valence-corrected chi connectivity index (χ4v) is 2.39. The fourth-order valence-electron chi connectivity index (χ4n) is 2.39. The molecule has 1 atom stereocenters. The Morgan fingerprint density at radius 1 is 1.20 bits per heavy atom. The normalized spacial score (nSPS) is 12.9. The molecule has 0 aliphatic heterocycles. The molecule has 0 fully saturated rings. The molecule has 0 aliphatic rings. The Morgan fingerprint density at radius 2 is 1.85 bits per heavy atom. The van der Waals surface area contributed by atoms with E-state index in [4.69, 9.17) is 0 Å². The molecular weight excluding hydrogens is 248 g/mol. The fraction of sp³-hybridized carbons (Fsp3) is 0.471. The number of hydrogen-bond acceptors (Lipinski definition) is 2. The maximum Gasteiger partial charge on any atom is 0.0996 e. The summed E-state index contributed by atoms with van der Waals surface area (Å²) in [5.41, 5.74) is 4.39. The SMILES string of the molecule is CCc1cc(C(O)Cc2ccc(C(C)C)cc2)n(C)n1. The molecule has 1 aromatic carbocycles. The van der Waals surface area contributed by atoms with Gasteiger partial charge in [-0.1, -0.05) is 45.0 Å². The summed E-state index contributed by atoms with van der Waals surface area (Å²) in [7, 11) is 1.89. The van der Waals surface area contributed by atoms with Gasteiger partial charge in [0.1, 0.15) is 0 Å². The number of benzene rings is 1. The molecule has 2 aromatic rings. The van der Waals surface area contributed by atoms with E-state index < -0.39 is 6.10 Å². The van der Waals surface area contributed by atoms with Crippen molar-refractivity contribution in [3.05, 3.63) is 52.8 Å². The minimum Gasteiger partial charge on any atom is -0.386 e. The van der Waals surface area contributed by atoms with E-state index in [1.807, 2.05) is 13.1 Å². The zero-order valence-corrected chi connectivity index (χ0v) is 12.8. The van der Waals surface area contributed by atoms with Crippen LogP contribution in [-0.2, 0) is 19.9 Å². The van der Waals surface area contributed by atoms with Gasteiger partial charge < -0.3 is 5.11 Å². The van der Waals surface area contributed by atoms with Crippen LogP contribution in [0.5, 0.6) is 0 Å². The van der Waals surface area contributed by atoms with Crippen molar-refractivity contribution in [3.8, 4) is 0 Å². The molecule has 1 unspecified atom stereocenters. The number of hydrogen-bond donors (Lipinski definition) is 1. The van der Waals surface area contributed by atoms with Crippen LogP contribution in [0.3, 0.4) is 0 Å². The van der Waals surface area contributed by atoms with Crippen molar-refractivity contribution in [2.45, 2.75) is 45.6 Å². The summed E-state index contributed by atoms with van der Waals surface area (Å²) in [6.45, 7) is 6.45. The molecule has 0 saturated heterocycles. The van der Waals surface area contributed by atoms with Gasteiger partial charge >= 0.3 is 0 Å².